The molecule has 0 unspecified atom stereocenters. The largest absolute Gasteiger partial charge is 0.309 e. The Hall–Kier alpha value is -3.54. The average molecular weight is 371 g/mol. The van der Waals surface area contributed by atoms with E-state index in [1.165, 1.54) is 5.56 Å². The van der Waals surface area contributed by atoms with Gasteiger partial charge in [0.25, 0.3) is 5.91 Å². The summed E-state index contributed by atoms with van der Waals surface area (Å²) in [5.74, 6) is -0.147. The molecule has 1 aliphatic heterocycles. The van der Waals surface area contributed by atoms with Gasteiger partial charge in [0.15, 0.2) is 5.71 Å². The van der Waals surface area contributed by atoms with Crippen LogP contribution in [0, 0.1) is 13.8 Å². The molecular formula is C22H21N5O. The van der Waals surface area contributed by atoms with Gasteiger partial charge in [-0.05, 0) is 25.5 Å². The molecule has 28 heavy (non-hydrogen) atoms. The summed E-state index contributed by atoms with van der Waals surface area (Å²) in [6.45, 7) is 4.67. The third-order valence-corrected chi connectivity index (χ3v) is 4.98. The first-order valence-corrected chi connectivity index (χ1v) is 9.12. The Labute approximate surface area is 163 Å². The van der Waals surface area contributed by atoms with Crippen LogP contribution in [0.1, 0.15) is 28.1 Å². The first-order valence-electron chi connectivity index (χ1n) is 9.12. The van der Waals surface area contributed by atoms with Crippen molar-refractivity contribution in [2.75, 3.05) is 11.9 Å². The van der Waals surface area contributed by atoms with Gasteiger partial charge in [0.05, 0.1) is 24.1 Å². The molecule has 0 N–H and O–H groups in total. The van der Waals surface area contributed by atoms with Crippen molar-refractivity contribution in [1.82, 2.24) is 9.78 Å². The number of aromatic nitrogens is 2. The molecule has 1 aromatic heterocycles. The second-order valence-electron chi connectivity index (χ2n) is 6.80. The van der Waals surface area contributed by atoms with Crippen LogP contribution in [-0.4, -0.2) is 34.7 Å². The lowest BCUT2D eigenvalue weighted by molar-refractivity contribution is -0.111. The van der Waals surface area contributed by atoms with E-state index in [9.17, 15) is 4.79 Å². The molecule has 1 amide bonds. The predicted octanol–water partition coefficient (Wildman–Crippen LogP) is 3.35. The fourth-order valence-electron chi connectivity index (χ4n) is 3.40. The maximum atomic E-state index is 12.5. The van der Waals surface area contributed by atoms with Gasteiger partial charge in [0.2, 0.25) is 0 Å². The van der Waals surface area contributed by atoms with Crippen molar-refractivity contribution in [3.63, 3.8) is 0 Å². The Morgan fingerprint density at radius 3 is 2.54 bits per heavy atom. The molecule has 2 heterocycles. The van der Waals surface area contributed by atoms with Gasteiger partial charge in [-0.25, -0.2) is 0 Å². The maximum Gasteiger partial charge on any atom is 0.279 e. The molecule has 0 saturated heterocycles. The molecule has 1 aliphatic rings. The van der Waals surface area contributed by atoms with Crippen molar-refractivity contribution in [3.8, 4) is 0 Å². The van der Waals surface area contributed by atoms with Crippen molar-refractivity contribution >= 4 is 23.5 Å². The third-order valence-electron chi connectivity index (χ3n) is 4.98. The number of amides is 1. The van der Waals surface area contributed by atoms with Crippen molar-refractivity contribution in [1.29, 1.82) is 0 Å². The average Bonchev–Trinajstić information content (AvgIpc) is 3.11. The number of fused-ring (bicyclic) bond motifs is 1. The van der Waals surface area contributed by atoms with Gasteiger partial charge in [-0.2, -0.15) is 10.2 Å². The Kier molecular flexibility index (Phi) is 4.61. The third kappa shape index (κ3) is 3.13. The number of hydrogen-bond acceptors (Lipinski definition) is 4. The summed E-state index contributed by atoms with van der Waals surface area (Å²) in [5.41, 5.74) is 6.03. The van der Waals surface area contributed by atoms with Gasteiger partial charge in [-0.1, -0.05) is 48.5 Å². The van der Waals surface area contributed by atoms with Gasteiger partial charge < -0.3 is 4.90 Å². The monoisotopic (exact) mass is 371 g/mol. The highest BCUT2D eigenvalue weighted by molar-refractivity contribution is 6.54. The highest BCUT2D eigenvalue weighted by Crippen LogP contribution is 2.27. The van der Waals surface area contributed by atoms with E-state index in [0.717, 1.165) is 28.2 Å². The van der Waals surface area contributed by atoms with E-state index < -0.39 is 0 Å². The summed E-state index contributed by atoms with van der Waals surface area (Å²) < 4.78 is 1.96. The van der Waals surface area contributed by atoms with Crippen LogP contribution in [0.25, 0.3) is 0 Å². The number of carbonyl (C=O) groups is 1. The molecular weight excluding hydrogens is 350 g/mol. The molecule has 140 valence electrons. The lowest BCUT2D eigenvalue weighted by atomic mass is 10.1. The van der Waals surface area contributed by atoms with Crippen molar-refractivity contribution in [3.05, 3.63) is 82.7 Å². The van der Waals surface area contributed by atoms with Crippen LogP contribution < -0.4 is 4.90 Å². The van der Waals surface area contributed by atoms with Crippen LogP contribution in [0.3, 0.4) is 0 Å². The van der Waals surface area contributed by atoms with E-state index in [1.807, 2.05) is 61.0 Å². The quantitative estimate of drug-likeness (QED) is 0.521. The van der Waals surface area contributed by atoms with Gasteiger partial charge in [-0.15, -0.1) is 5.10 Å². The predicted molar refractivity (Wildman–Crippen MR) is 111 cm³/mol. The molecule has 0 aliphatic carbocycles. The molecule has 6 nitrogen and oxygen atoms in total. The van der Waals surface area contributed by atoms with Crippen LogP contribution in [0.15, 0.2) is 64.8 Å². The molecule has 0 atom stereocenters. The summed E-state index contributed by atoms with van der Waals surface area (Å²) in [5, 5.41) is 13.1. The fraction of sp³-hybridized carbons (Fsp3) is 0.182. The second-order valence-corrected chi connectivity index (χ2v) is 6.80. The Bertz CT molecular complexity index is 1100. The standard InChI is InChI=1S/C22H21N5O/c1-15-19(16(2)27(25-15)14-17-9-5-4-6-10-17)13-23-24-21-18-11-7-8-12-20(18)26(3)22(21)28/h4-13H,14H2,1-3H3/b23-13-,24-21+. The molecule has 0 bridgehead atoms. The SMILES string of the molecule is Cc1nn(Cc2ccccc2)c(C)c1/C=N\N=C1\C(=O)N(C)c2ccccc21. The van der Waals surface area contributed by atoms with Gasteiger partial charge in [0.1, 0.15) is 0 Å². The van der Waals surface area contributed by atoms with E-state index in [2.05, 4.69) is 27.4 Å². The smallest absolute Gasteiger partial charge is 0.279 e. The highest BCUT2D eigenvalue weighted by Gasteiger charge is 2.31. The Morgan fingerprint density at radius 1 is 1.04 bits per heavy atom. The van der Waals surface area contributed by atoms with Crippen LogP contribution in [0.5, 0.6) is 0 Å². The zero-order valence-electron chi connectivity index (χ0n) is 16.1. The molecule has 3 aromatic rings. The molecule has 0 radical (unpaired) electrons. The molecule has 2 aromatic carbocycles. The number of carbonyl (C=O) groups excluding carboxylic acids is 1. The van der Waals surface area contributed by atoms with Crippen molar-refractivity contribution in [2.45, 2.75) is 20.4 Å². The lowest BCUT2D eigenvalue weighted by Gasteiger charge is -2.07. The van der Waals surface area contributed by atoms with Gasteiger partial charge >= 0.3 is 0 Å². The normalized spacial score (nSPS) is 15.0. The maximum absolute atomic E-state index is 12.5. The van der Waals surface area contributed by atoms with Crippen molar-refractivity contribution in [2.24, 2.45) is 10.2 Å². The molecule has 4 rings (SSSR count). The number of aryl methyl sites for hydroxylation is 1. The van der Waals surface area contributed by atoms with E-state index in [0.29, 0.717) is 12.3 Å². The van der Waals surface area contributed by atoms with Crippen LogP contribution in [0.2, 0.25) is 0 Å². The molecule has 6 heteroatoms. The van der Waals surface area contributed by atoms with E-state index in [-0.39, 0.29) is 5.91 Å². The van der Waals surface area contributed by atoms with Crippen LogP contribution in [-0.2, 0) is 11.3 Å². The zero-order valence-corrected chi connectivity index (χ0v) is 16.1. The number of hydrogen-bond donors (Lipinski definition) is 0. The minimum Gasteiger partial charge on any atom is -0.309 e. The van der Waals surface area contributed by atoms with Crippen molar-refractivity contribution < 1.29 is 4.79 Å². The summed E-state index contributed by atoms with van der Waals surface area (Å²) in [4.78, 5) is 14.0. The summed E-state index contributed by atoms with van der Waals surface area (Å²) in [7, 11) is 1.75. The zero-order chi connectivity index (χ0) is 19.7. The number of anilines is 1. The lowest BCUT2D eigenvalue weighted by Crippen LogP contribution is -2.25. The number of para-hydroxylation sites is 1. The van der Waals surface area contributed by atoms with E-state index in [1.54, 1.807) is 18.2 Å². The first kappa shape index (κ1) is 17.9. The summed E-state index contributed by atoms with van der Waals surface area (Å²) in [6.07, 6.45) is 1.68. The molecule has 0 saturated carbocycles. The number of likely N-dealkylation sites (N-methyl/N-ethyl adjacent to an activating group) is 1. The number of benzene rings is 2. The fourth-order valence-corrected chi connectivity index (χ4v) is 3.40. The first-order chi connectivity index (χ1) is 13.6. The van der Waals surface area contributed by atoms with E-state index >= 15 is 0 Å². The topological polar surface area (TPSA) is 62.9 Å². The molecule has 0 spiro atoms. The Morgan fingerprint density at radius 2 is 1.75 bits per heavy atom. The van der Waals surface area contributed by atoms with Gasteiger partial charge in [-0.3, -0.25) is 9.48 Å². The second kappa shape index (κ2) is 7.23. The van der Waals surface area contributed by atoms with E-state index in [4.69, 9.17) is 0 Å². The van der Waals surface area contributed by atoms with Crippen LogP contribution >= 0.6 is 0 Å². The minimum absolute atomic E-state index is 0.147. The highest BCUT2D eigenvalue weighted by atomic mass is 16.2. The summed E-state index contributed by atoms with van der Waals surface area (Å²) >= 11 is 0. The van der Waals surface area contributed by atoms with Crippen LogP contribution in [0.4, 0.5) is 5.69 Å². The van der Waals surface area contributed by atoms with Gasteiger partial charge in [0, 0.05) is 23.9 Å². The summed E-state index contributed by atoms with van der Waals surface area (Å²) in [6, 6.07) is 17.8. The Balaban J connectivity index is 1.61. The number of nitrogens with zero attached hydrogens (tertiary/aromatic N) is 5. The molecule has 0 fully saturated rings. The minimum atomic E-state index is -0.147. The number of rotatable bonds is 4.